The van der Waals surface area contributed by atoms with E-state index in [0.29, 0.717) is 0 Å². The summed E-state index contributed by atoms with van der Waals surface area (Å²) in [5.74, 6) is -0.225. The zero-order valence-corrected chi connectivity index (χ0v) is 17.7. The van der Waals surface area contributed by atoms with Crippen molar-refractivity contribution in [2.45, 2.75) is 0 Å². The molecule has 0 aliphatic carbocycles. The average molecular weight is 426 g/mol. The molecule has 4 nitrogen and oxygen atoms in total. The number of ketones is 1. The van der Waals surface area contributed by atoms with E-state index < -0.39 is 12.2 Å². The van der Waals surface area contributed by atoms with Gasteiger partial charge < -0.3 is 0 Å². The van der Waals surface area contributed by atoms with Crippen LogP contribution in [0.5, 0.6) is 0 Å². The fraction of sp³-hybridized carbons (Fsp3) is 0.0385. The van der Waals surface area contributed by atoms with Crippen molar-refractivity contribution in [3.63, 3.8) is 0 Å². The van der Waals surface area contributed by atoms with Crippen LogP contribution in [0.4, 0.5) is 5.69 Å². The first kappa shape index (κ1) is 20.6. The smallest absolute Gasteiger partial charge is 0.280 e. The molecule has 0 bridgehead atoms. The van der Waals surface area contributed by atoms with E-state index in [1.807, 2.05) is 54.6 Å². The van der Waals surface area contributed by atoms with Crippen LogP contribution in [0.25, 0.3) is 0 Å². The van der Waals surface area contributed by atoms with Crippen molar-refractivity contribution in [1.29, 1.82) is 0 Å². The molecule has 0 atom stereocenters. The van der Waals surface area contributed by atoms with E-state index in [-0.39, 0.29) is 23.2 Å². The van der Waals surface area contributed by atoms with E-state index in [0.717, 1.165) is 15.9 Å². The summed E-state index contributed by atoms with van der Waals surface area (Å²) in [4.78, 5) is 24.7. The molecular formula is C26H21NO3P+. The van der Waals surface area contributed by atoms with Crippen molar-refractivity contribution >= 4 is 34.6 Å². The number of benzene rings is 4. The Morgan fingerprint density at radius 1 is 0.645 bits per heavy atom. The highest BCUT2D eigenvalue weighted by Crippen LogP contribution is 2.55. The van der Waals surface area contributed by atoms with Crippen LogP contribution in [0, 0.1) is 10.1 Å². The standard InChI is InChI=1S/C26H21NO3P/c28-26(24-18-10-11-19-25(24)27(29)30)20-31(21-12-4-1-5-13-21,22-14-6-2-7-15-22)23-16-8-3-9-17-23/h1-19H,20H2/q+1. The highest BCUT2D eigenvalue weighted by molar-refractivity contribution is 7.96. The maximum Gasteiger partial charge on any atom is 0.280 e. The molecule has 4 aromatic rings. The second-order valence-corrected chi connectivity index (χ2v) is 10.7. The fourth-order valence-corrected chi connectivity index (χ4v) is 8.02. The number of nitrogens with zero attached hydrogens (tertiary/aromatic N) is 1. The van der Waals surface area contributed by atoms with Gasteiger partial charge in [0.05, 0.1) is 10.5 Å². The first-order valence-corrected chi connectivity index (χ1v) is 11.9. The number of Topliss-reactive ketones (excluding diaryl/α,β-unsaturated/α-hetero) is 1. The summed E-state index contributed by atoms with van der Waals surface area (Å²) in [6.07, 6.45) is 0.176. The van der Waals surface area contributed by atoms with Gasteiger partial charge in [-0.3, -0.25) is 14.9 Å². The molecule has 0 fully saturated rings. The number of carbonyl (C=O) groups excluding carboxylic acids is 1. The molecule has 31 heavy (non-hydrogen) atoms. The molecule has 4 aromatic carbocycles. The number of para-hydroxylation sites is 1. The third kappa shape index (κ3) is 4.03. The Hall–Kier alpha value is -3.62. The number of hydrogen-bond donors (Lipinski definition) is 0. The monoisotopic (exact) mass is 426 g/mol. The van der Waals surface area contributed by atoms with Gasteiger partial charge in [0.25, 0.3) is 5.69 Å². The molecule has 0 N–H and O–H groups in total. The molecule has 0 aliphatic heterocycles. The maximum absolute atomic E-state index is 13.6. The van der Waals surface area contributed by atoms with Crippen LogP contribution in [0.3, 0.4) is 0 Å². The third-order valence-corrected chi connectivity index (χ3v) is 9.67. The number of carbonyl (C=O) groups is 1. The molecule has 0 aliphatic rings. The molecule has 0 saturated carbocycles. The number of hydrogen-bond acceptors (Lipinski definition) is 3. The molecule has 0 heterocycles. The van der Waals surface area contributed by atoms with Crippen LogP contribution >= 0.6 is 7.26 Å². The van der Waals surface area contributed by atoms with Crippen molar-refractivity contribution in [3.8, 4) is 0 Å². The number of nitro groups is 1. The minimum atomic E-state index is -2.40. The maximum atomic E-state index is 13.6. The summed E-state index contributed by atoms with van der Waals surface area (Å²) in [6.45, 7) is 0. The predicted octanol–water partition coefficient (Wildman–Crippen LogP) is 4.77. The van der Waals surface area contributed by atoms with Crippen molar-refractivity contribution in [2.24, 2.45) is 0 Å². The second kappa shape index (κ2) is 9.03. The van der Waals surface area contributed by atoms with E-state index >= 15 is 0 Å². The van der Waals surface area contributed by atoms with Crippen molar-refractivity contribution in [2.75, 3.05) is 6.16 Å². The molecule has 0 saturated heterocycles. The molecule has 0 spiro atoms. The van der Waals surface area contributed by atoms with E-state index in [2.05, 4.69) is 36.4 Å². The summed E-state index contributed by atoms with van der Waals surface area (Å²) in [5.41, 5.74) is -0.000506. The van der Waals surface area contributed by atoms with Crippen molar-refractivity contribution in [3.05, 3.63) is 131 Å². The summed E-state index contributed by atoms with van der Waals surface area (Å²) in [7, 11) is -2.40. The Bertz CT molecular complexity index is 1100. The zero-order valence-electron chi connectivity index (χ0n) is 16.8. The van der Waals surface area contributed by atoms with E-state index in [1.54, 1.807) is 18.2 Å². The van der Waals surface area contributed by atoms with Crippen LogP contribution in [0.1, 0.15) is 10.4 Å². The molecule has 0 unspecified atom stereocenters. The van der Waals surface area contributed by atoms with Crippen LogP contribution in [-0.4, -0.2) is 16.9 Å². The van der Waals surface area contributed by atoms with Gasteiger partial charge in [0.1, 0.15) is 29.3 Å². The van der Waals surface area contributed by atoms with E-state index in [4.69, 9.17) is 0 Å². The minimum absolute atomic E-state index is 0.152. The summed E-state index contributed by atoms with van der Waals surface area (Å²) >= 11 is 0. The van der Waals surface area contributed by atoms with Gasteiger partial charge in [0.15, 0.2) is 0 Å². The van der Waals surface area contributed by atoms with Crippen LogP contribution in [-0.2, 0) is 0 Å². The van der Waals surface area contributed by atoms with Gasteiger partial charge >= 0.3 is 0 Å². The van der Waals surface area contributed by atoms with E-state index in [9.17, 15) is 14.9 Å². The lowest BCUT2D eigenvalue weighted by Gasteiger charge is -2.27. The second-order valence-electron chi connectivity index (χ2n) is 7.17. The average Bonchev–Trinajstić information content (AvgIpc) is 2.84. The summed E-state index contributed by atoms with van der Waals surface area (Å²) < 4.78 is 0. The van der Waals surface area contributed by atoms with Gasteiger partial charge in [-0.25, -0.2) is 0 Å². The predicted molar refractivity (Wildman–Crippen MR) is 127 cm³/mol. The van der Waals surface area contributed by atoms with Crippen LogP contribution in [0.15, 0.2) is 115 Å². The molecule has 0 aromatic heterocycles. The first-order chi connectivity index (χ1) is 15.1. The Kier molecular flexibility index (Phi) is 6.01. The zero-order chi connectivity index (χ0) is 21.7. The Balaban J connectivity index is 1.95. The number of nitro benzene ring substituents is 1. The van der Waals surface area contributed by atoms with Crippen LogP contribution < -0.4 is 15.9 Å². The molecule has 5 heteroatoms. The Morgan fingerprint density at radius 3 is 1.45 bits per heavy atom. The highest BCUT2D eigenvalue weighted by Gasteiger charge is 2.47. The summed E-state index contributed by atoms with van der Waals surface area (Å²) in [5, 5.41) is 14.8. The quantitative estimate of drug-likeness (QED) is 0.185. The highest BCUT2D eigenvalue weighted by atomic mass is 31.2. The van der Waals surface area contributed by atoms with Crippen molar-refractivity contribution in [1.82, 2.24) is 0 Å². The normalized spacial score (nSPS) is 11.1. The molecule has 0 radical (unpaired) electrons. The van der Waals surface area contributed by atoms with Gasteiger partial charge in [0, 0.05) is 6.07 Å². The van der Waals surface area contributed by atoms with Gasteiger partial charge in [-0.05, 0) is 42.5 Å². The molecule has 4 rings (SSSR count). The topological polar surface area (TPSA) is 60.2 Å². The Morgan fingerprint density at radius 2 is 1.03 bits per heavy atom. The van der Waals surface area contributed by atoms with Gasteiger partial charge in [0.2, 0.25) is 5.78 Å². The lowest BCUT2D eigenvalue weighted by atomic mass is 10.1. The lowest BCUT2D eigenvalue weighted by molar-refractivity contribution is -0.385. The Labute approximate surface area is 181 Å². The van der Waals surface area contributed by atoms with Gasteiger partial charge in [-0.15, -0.1) is 0 Å². The molecular weight excluding hydrogens is 405 g/mol. The first-order valence-electron chi connectivity index (χ1n) is 9.94. The van der Waals surface area contributed by atoms with Gasteiger partial charge in [-0.2, -0.15) is 0 Å². The van der Waals surface area contributed by atoms with E-state index in [1.165, 1.54) is 6.07 Å². The summed E-state index contributed by atoms with van der Waals surface area (Å²) in [6, 6.07) is 36.3. The molecule has 0 amide bonds. The number of rotatable bonds is 7. The van der Waals surface area contributed by atoms with Crippen LogP contribution in [0.2, 0.25) is 0 Å². The van der Waals surface area contributed by atoms with Gasteiger partial charge in [-0.1, -0.05) is 66.7 Å². The van der Waals surface area contributed by atoms with Crippen molar-refractivity contribution < 1.29 is 9.72 Å². The molecule has 152 valence electrons. The third-order valence-electron chi connectivity index (χ3n) is 5.37. The fourth-order valence-electron chi connectivity index (χ4n) is 3.94. The lowest BCUT2D eigenvalue weighted by Crippen LogP contribution is -2.35. The minimum Gasteiger partial charge on any atom is -0.290 e. The largest absolute Gasteiger partial charge is 0.290 e. The SMILES string of the molecule is O=C(C[P+](c1ccccc1)(c1ccccc1)c1ccccc1)c1ccccc1[N+](=O)[O-].